The van der Waals surface area contributed by atoms with Gasteiger partial charge in [-0.3, -0.25) is 0 Å². The molecule has 0 aliphatic carbocycles. The maximum Gasteiger partial charge on any atom is 0.323 e. The zero-order valence-electron chi connectivity index (χ0n) is 15.2. The number of ether oxygens (including phenoxy) is 3. The van der Waals surface area contributed by atoms with Crippen molar-refractivity contribution < 1.29 is 24.1 Å². The molecule has 2 rings (SSSR count). The van der Waals surface area contributed by atoms with E-state index >= 15 is 0 Å². The maximum atomic E-state index is 12.2. The van der Waals surface area contributed by atoms with Crippen molar-refractivity contribution in [2.24, 2.45) is 0 Å². The third-order valence-corrected chi connectivity index (χ3v) is 3.29. The fourth-order valence-corrected chi connectivity index (χ4v) is 2.30. The molecule has 0 aromatic heterocycles. The van der Waals surface area contributed by atoms with E-state index in [-0.39, 0.29) is 5.75 Å². The Balaban J connectivity index is 2.21. The quantitative estimate of drug-likeness (QED) is 0.613. The van der Waals surface area contributed by atoms with E-state index in [1.54, 1.807) is 24.3 Å². The molecule has 0 saturated heterocycles. The molecule has 2 aromatic carbocycles. The largest absolute Gasteiger partial charge is 0.508 e. The Labute approximate surface area is 152 Å². The second-order valence-corrected chi connectivity index (χ2v) is 5.23. The normalized spacial score (nSPS) is 10.1. The van der Waals surface area contributed by atoms with E-state index in [1.807, 2.05) is 20.8 Å². The van der Waals surface area contributed by atoms with Crippen LogP contribution in [0, 0.1) is 0 Å². The molecule has 140 valence electrons. The number of urea groups is 1. The number of hydrogen-bond acceptors (Lipinski definition) is 5. The van der Waals surface area contributed by atoms with Crippen LogP contribution in [0.1, 0.15) is 20.8 Å². The molecule has 0 aliphatic rings. The third kappa shape index (κ3) is 5.20. The molecule has 2 aromatic rings. The predicted molar refractivity (Wildman–Crippen MR) is 101 cm³/mol. The summed E-state index contributed by atoms with van der Waals surface area (Å²) in [4.78, 5) is 12.2. The van der Waals surface area contributed by atoms with E-state index < -0.39 is 6.03 Å². The van der Waals surface area contributed by atoms with Crippen LogP contribution in [0.25, 0.3) is 0 Å². The van der Waals surface area contributed by atoms with Crippen molar-refractivity contribution in [1.29, 1.82) is 0 Å². The summed E-state index contributed by atoms with van der Waals surface area (Å²) in [7, 11) is 0. The molecule has 0 fully saturated rings. The molecular weight excluding hydrogens is 336 g/mol. The number of phenols is 1. The maximum absolute atomic E-state index is 12.2. The molecule has 0 unspecified atom stereocenters. The van der Waals surface area contributed by atoms with Gasteiger partial charge in [0.05, 0.1) is 25.5 Å². The molecule has 2 amide bonds. The van der Waals surface area contributed by atoms with Gasteiger partial charge in [-0.2, -0.15) is 0 Å². The van der Waals surface area contributed by atoms with Crippen LogP contribution in [-0.2, 0) is 0 Å². The highest BCUT2D eigenvalue weighted by molar-refractivity contribution is 6.00. The second-order valence-electron chi connectivity index (χ2n) is 5.23. The van der Waals surface area contributed by atoms with Crippen LogP contribution < -0.4 is 24.8 Å². The van der Waals surface area contributed by atoms with Crippen LogP contribution in [0.15, 0.2) is 36.4 Å². The molecular formula is C19H24N2O5. The lowest BCUT2D eigenvalue weighted by atomic mass is 10.2. The summed E-state index contributed by atoms with van der Waals surface area (Å²) in [5, 5.41) is 14.7. The first-order valence-corrected chi connectivity index (χ1v) is 8.50. The molecule has 0 atom stereocenters. The minimum absolute atomic E-state index is 0.130. The molecule has 26 heavy (non-hydrogen) atoms. The standard InChI is InChI=1S/C19H24N2O5/c1-4-24-16-11-14(12-17(25-5-2)18(16)26-6-3)21-19(23)20-13-7-9-15(22)10-8-13/h7-12,22H,4-6H2,1-3H3,(H2,20,21,23). The van der Waals surface area contributed by atoms with Crippen LogP contribution in [0.4, 0.5) is 16.2 Å². The number of nitrogens with one attached hydrogen (secondary N) is 2. The Morgan fingerprint density at radius 2 is 1.35 bits per heavy atom. The van der Waals surface area contributed by atoms with Crippen molar-refractivity contribution in [3.8, 4) is 23.0 Å². The zero-order valence-corrected chi connectivity index (χ0v) is 15.2. The highest BCUT2D eigenvalue weighted by Gasteiger charge is 2.16. The van der Waals surface area contributed by atoms with Gasteiger partial charge < -0.3 is 30.0 Å². The van der Waals surface area contributed by atoms with Crippen LogP contribution in [-0.4, -0.2) is 31.0 Å². The van der Waals surface area contributed by atoms with Crippen molar-refractivity contribution in [3.63, 3.8) is 0 Å². The number of rotatable bonds is 8. The molecule has 0 saturated carbocycles. The minimum Gasteiger partial charge on any atom is -0.508 e. The Kier molecular flexibility index (Phi) is 6.96. The Morgan fingerprint density at radius 1 is 0.846 bits per heavy atom. The summed E-state index contributed by atoms with van der Waals surface area (Å²) in [6, 6.07) is 9.14. The third-order valence-electron chi connectivity index (χ3n) is 3.29. The van der Waals surface area contributed by atoms with Gasteiger partial charge in [-0.1, -0.05) is 0 Å². The molecule has 0 bridgehead atoms. The molecule has 0 radical (unpaired) electrons. The molecule has 0 aliphatic heterocycles. The van der Waals surface area contributed by atoms with Gasteiger partial charge in [-0.15, -0.1) is 0 Å². The topological polar surface area (TPSA) is 89.1 Å². The van der Waals surface area contributed by atoms with Crippen LogP contribution in [0.5, 0.6) is 23.0 Å². The van der Waals surface area contributed by atoms with Gasteiger partial charge in [0.2, 0.25) is 5.75 Å². The number of carbonyl (C=O) groups excluding carboxylic acids is 1. The van der Waals surface area contributed by atoms with Crippen LogP contribution >= 0.6 is 0 Å². The lowest BCUT2D eigenvalue weighted by Crippen LogP contribution is -2.19. The fraction of sp³-hybridized carbons (Fsp3) is 0.316. The van der Waals surface area contributed by atoms with Gasteiger partial charge in [0, 0.05) is 17.8 Å². The smallest absolute Gasteiger partial charge is 0.323 e. The van der Waals surface area contributed by atoms with E-state index in [9.17, 15) is 9.90 Å². The first-order valence-electron chi connectivity index (χ1n) is 8.50. The molecule has 7 heteroatoms. The Hall–Kier alpha value is -3.09. The average Bonchev–Trinajstić information content (AvgIpc) is 2.60. The minimum atomic E-state index is -0.426. The number of phenolic OH excluding ortho intramolecular Hbond substituents is 1. The fourth-order valence-electron chi connectivity index (χ4n) is 2.30. The number of anilines is 2. The van der Waals surface area contributed by atoms with Gasteiger partial charge in [-0.05, 0) is 45.0 Å². The summed E-state index contributed by atoms with van der Waals surface area (Å²) in [6.45, 7) is 6.99. The molecule has 0 heterocycles. The van der Waals surface area contributed by atoms with Gasteiger partial charge in [0.15, 0.2) is 11.5 Å². The number of benzene rings is 2. The first kappa shape index (κ1) is 19.2. The first-order chi connectivity index (χ1) is 12.6. The van der Waals surface area contributed by atoms with Crippen molar-refractivity contribution in [2.75, 3.05) is 30.5 Å². The molecule has 7 nitrogen and oxygen atoms in total. The summed E-state index contributed by atoms with van der Waals surface area (Å²) >= 11 is 0. The lowest BCUT2D eigenvalue weighted by Gasteiger charge is -2.17. The van der Waals surface area contributed by atoms with Gasteiger partial charge in [0.1, 0.15) is 5.75 Å². The second kappa shape index (κ2) is 9.41. The Morgan fingerprint density at radius 3 is 1.85 bits per heavy atom. The van der Waals surface area contributed by atoms with Crippen molar-refractivity contribution in [2.45, 2.75) is 20.8 Å². The Bertz CT molecular complexity index is 704. The SMILES string of the molecule is CCOc1cc(NC(=O)Nc2ccc(O)cc2)cc(OCC)c1OCC. The van der Waals surface area contributed by atoms with E-state index in [4.69, 9.17) is 14.2 Å². The van der Waals surface area contributed by atoms with Gasteiger partial charge >= 0.3 is 6.03 Å². The zero-order chi connectivity index (χ0) is 18.9. The predicted octanol–water partition coefficient (Wildman–Crippen LogP) is 4.23. The van der Waals surface area contributed by atoms with Crippen molar-refractivity contribution in [1.82, 2.24) is 0 Å². The van der Waals surface area contributed by atoms with Crippen LogP contribution in [0.3, 0.4) is 0 Å². The highest BCUT2D eigenvalue weighted by atomic mass is 16.5. The van der Waals surface area contributed by atoms with Gasteiger partial charge in [0.25, 0.3) is 0 Å². The van der Waals surface area contributed by atoms with Crippen LogP contribution in [0.2, 0.25) is 0 Å². The number of aromatic hydroxyl groups is 1. The van der Waals surface area contributed by atoms with E-state index in [0.29, 0.717) is 48.4 Å². The molecule has 3 N–H and O–H groups in total. The van der Waals surface area contributed by atoms with E-state index in [1.165, 1.54) is 12.1 Å². The highest BCUT2D eigenvalue weighted by Crippen LogP contribution is 2.40. The molecule has 0 spiro atoms. The number of amides is 2. The average molecular weight is 360 g/mol. The monoisotopic (exact) mass is 360 g/mol. The van der Waals surface area contributed by atoms with E-state index in [0.717, 1.165) is 0 Å². The summed E-state index contributed by atoms with van der Waals surface area (Å²) in [5.41, 5.74) is 1.07. The van der Waals surface area contributed by atoms with Crippen molar-refractivity contribution in [3.05, 3.63) is 36.4 Å². The number of hydrogen-bond donors (Lipinski definition) is 3. The summed E-state index contributed by atoms with van der Waals surface area (Å²) < 4.78 is 16.9. The van der Waals surface area contributed by atoms with Gasteiger partial charge in [-0.25, -0.2) is 4.79 Å². The van der Waals surface area contributed by atoms with E-state index in [2.05, 4.69) is 10.6 Å². The lowest BCUT2D eigenvalue weighted by molar-refractivity contribution is 0.260. The number of carbonyl (C=O) groups is 1. The summed E-state index contributed by atoms with van der Waals surface area (Å²) in [5.74, 6) is 1.64. The summed E-state index contributed by atoms with van der Waals surface area (Å²) in [6.07, 6.45) is 0. The van der Waals surface area contributed by atoms with Crippen molar-refractivity contribution >= 4 is 17.4 Å².